The van der Waals surface area contributed by atoms with Gasteiger partial charge >= 0.3 is 0 Å². The lowest BCUT2D eigenvalue weighted by atomic mass is 9.93. The maximum Gasteiger partial charge on any atom is 0.0707 e. The maximum atomic E-state index is 5.95. The van der Waals surface area contributed by atoms with Crippen molar-refractivity contribution in [1.29, 1.82) is 0 Å². The maximum absolute atomic E-state index is 5.95. The molecule has 0 rings (SSSR count). The zero-order chi connectivity index (χ0) is 11.6. The van der Waals surface area contributed by atoms with E-state index in [1.165, 1.54) is 38.5 Å². The Morgan fingerprint density at radius 3 is 1.87 bits per heavy atom. The topological polar surface area (TPSA) is 18.5 Å². The summed E-state index contributed by atoms with van der Waals surface area (Å²) in [6.45, 7) is 8.13. The number of ether oxygens (including phenoxy) is 2. The Morgan fingerprint density at radius 2 is 1.47 bits per heavy atom. The third kappa shape index (κ3) is 7.80. The molecule has 0 bridgehead atoms. The Labute approximate surface area is 95.3 Å². The van der Waals surface area contributed by atoms with Crippen LogP contribution in [0, 0.1) is 0 Å². The van der Waals surface area contributed by atoms with E-state index in [2.05, 4.69) is 20.8 Å². The fourth-order valence-electron chi connectivity index (χ4n) is 1.74. The van der Waals surface area contributed by atoms with Gasteiger partial charge in [-0.2, -0.15) is 0 Å². The summed E-state index contributed by atoms with van der Waals surface area (Å²) in [5.41, 5.74) is 0.0740. The molecule has 0 saturated heterocycles. The number of rotatable bonds is 10. The molecule has 0 unspecified atom stereocenters. The largest absolute Gasteiger partial charge is 0.382 e. The van der Waals surface area contributed by atoms with E-state index in [0.29, 0.717) is 6.61 Å². The summed E-state index contributed by atoms with van der Waals surface area (Å²) in [6, 6.07) is 0. The molecule has 2 heteroatoms. The summed E-state index contributed by atoms with van der Waals surface area (Å²) < 4.78 is 11.0. The van der Waals surface area contributed by atoms with Crippen molar-refractivity contribution in [2.75, 3.05) is 20.3 Å². The molecule has 0 radical (unpaired) electrons. The van der Waals surface area contributed by atoms with Gasteiger partial charge in [-0.1, -0.05) is 39.5 Å². The summed E-state index contributed by atoms with van der Waals surface area (Å²) in [4.78, 5) is 0. The van der Waals surface area contributed by atoms with Gasteiger partial charge in [0.15, 0.2) is 0 Å². The van der Waals surface area contributed by atoms with Crippen molar-refractivity contribution in [1.82, 2.24) is 0 Å². The van der Waals surface area contributed by atoms with Crippen molar-refractivity contribution in [3.63, 3.8) is 0 Å². The predicted octanol–water partition coefficient (Wildman–Crippen LogP) is 3.79. The van der Waals surface area contributed by atoms with Crippen LogP contribution in [0.2, 0.25) is 0 Å². The molecule has 0 aromatic heterocycles. The van der Waals surface area contributed by atoms with Gasteiger partial charge in [-0.3, -0.25) is 0 Å². The van der Waals surface area contributed by atoms with E-state index < -0.39 is 0 Å². The van der Waals surface area contributed by atoms with Crippen LogP contribution in [-0.4, -0.2) is 25.9 Å². The van der Waals surface area contributed by atoms with Crippen LogP contribution < -0.4 is 0 Å². The minimum absolute atomic E-state index is 0.0740. The van der Waals surface area contributed by atoms with Gasteiger partial charge in [0.25, 0.3) is 0 Å². The Bertz CT molecular complexity index is 126. The van der Waals surface area contributed by atoms with Crippen molar-refractivity contribution in [2.45, 2.75) is 64.9 Å². The van der Waals surface area contributed by atoms with Crippen LogP contribution in [-0.2, 0) is 9.47 Å². The van der Waals surface area contributed by atoms with E-state index in [1.54, 1.807) is 7.11 Å². The highest BCUT2D eigenvalue weighted by Gasteiger charge is 2.23. The fourth-order valence-corrected chi connectivity index (χ4v) is 1.74. The van der Waals surface area contributed by atoms with Gasteiger partial charge < -0.3 is 9.47 Å². The standard InChI is InChI=1S/C13H28O2/c1-5-7-9-13(3,10-8-6-2)15-12-11-14-4/h5-12H2,1-4H3. The number of unbranched alkanes of at least 4 members (excludes halogenated alkanes) is 2. The van der Waals surface area contributed by atoms with Gasteiger partial charge in [0.2, 0.25) is 0 Å². The van der Waals surface area contributed by atoms with Crippen molar-refractivity contribution < 1.29 is 9.47 Å². The Kier molecular flexibility index (Phi) is 9.12. The van der Waals surface area contributed by atoms with Gasteiger partial charge in [0.05, 0.1) is 18.8 Å². The van der Waals surface area contributed by atoms with E-state index in [9.17, 15) is 0 Å². The lowest BCUT2D eigenvalue weighted by Crippen LogP contribution is -2.30. The Hall–Kier alpha value is -0.0800. The molecular weight excluding hydrogens is 188 g/mol. The first-order chi connectivity index (χ1) is 7.18. The van der Waals surface area contributed by atoms with E-state index in [0.717, 1.165) is 6.61 Å². The van der Waals surface area contributed by atoms with Crippen LogP contribution in [0.1, 0.15) is 59.3 Å². The molecule has 0 aliphatic carbocycles. The lowest BCUT2D eigenvalue weighted by molar-refractivity contribution is -0.0632. The summed E-state index contributed by atoms with van der Waals surface area (Å²) in [6.07, 6.45) is 7.35. The quantitative estimate of drug-likeness (QED) is 0.517. The molecular formula is C13H28O2. The molecule has 0 aliphatic heterocycles. The van der Waals surface area contributed by atoms with Crippen LogP contribution in [0.5, 0.6) is 0 Å². The predicted molar refractivity (Wildman–Crippen MR) is 65.3 cm³/mol. The molecule has 0 aromatic carbocycles. The zero-order valence-corrected chi connectivity index (χ0v) is 11.0. The molecule has 15 heavy (non-hydrogen) atoms. The molecule has 0 heterocycles. The van der Waals surface area contributed by atoms with Gasteiger partial charge in [0, 0.05) is 7.11 Å². The number of methoxy groups -OCH3 is 1. The average Bonchev–Trinajstić information content (AvgIpc) is 2.24. The monoisotopic (exact) mass is 216 g/mol. The molecule has 0 N–H and O–H groups in total. The summed E-state index contributed by atoms with van der Waals surface area (Å²) >= 11 is 0. The summed E-state index contributed by atoms with van der Waals surface area (Å²) in [7, 11) is 1.72. The van der Waals surface area contributed by atoms with Crippen molar-refractivity contribution in [3.05, 3.63) is 0 Å². The SMILES string of the molecule is CCCCC(C)(CCCC)OCCOC. The highest BCUT2D eigenvalue weighted by atomic mass is 16.5. The van der Waals surface area contributed by atoms with E-state index in [4.69, 9.17) is 9.47 Å². The second-order valence-electron chi connectivity index (χ2n) is 4.50. The van der Waals surface area contributed by atoms with Crippen LogP contribution in [0.15, 0.2) is 0 Å². The minimum atomic E-state index is 0.0740. The second-order valence-corrected chi connectivity index (χ2v) is 4.50. The third-order valence-electron chi connectivity index (χ3n) is 2.86. The second kappa shape index (κ2) is 9.17. The summed E-state index contributed by atoms with van der Waals surface area (Å²) in [5.74, 6) is 0. The first-order valence-electron chi connectivity index (χ1n) is 6.31. The minimum Gasteiger partial charge on any atom is -0.382 e. The zero-order valence-electron chi connectivity index (χ0n) is 11.0. The van der Waals surface area contributed by atoms with Crippen molar-refractivity contribution in [3.8, 4) is 0 Å². The lowest BCUT2D eigenvalue weighted by Gasteiger charge is -2.30. The van der Waals surface area contributed by atoms with Crippen LogP contribution >= 0.6 is 0 Å². The van der Waals surface area contributed by atoms with E-state index in [-0.39, 0.29) is 5.60 Å². The van der Waals surface area contributed by atoms with Gasteiger partial charge in [-0.25, -0.2) is 0 Å². The highest BCUT2D eigenvalue weighted by molar-refractivity contribution is 4.74. The molecule has 0 fully saturated rings. The molecule has 0 amide bonds. The molecule has 0 saturated carbocycles. The number of hydrogen-bond donors (Lipinski definition) is 0. The normalized spacial score (nSPS) is 12.0. The molecule has 2 nitrogen and oxygen atoms in total. The Balaban J connectivity index is 3.89. The van der Waals surface area contributed by atoms with Crippen LogP contribution in [0.3, 0.4) is 0 Å². The molecule has 92 valence electrons. The Morgan fingerprint density at radius 1 is 0.933 bits per heavy atom. The average molecular weight is 216 g/mol. The van der Waals surface area contributed by atoms with Gasteiger partial charge in [0.1, 0.15) is 0 Å². The van der Waals surface area contributed by atoms with Crippen molar-refractivity contribution >= 4 is 0 Å². The van der Waals surface area contributed by atoms with E-state index >= 15 is 0 Å². The molecule has 0 spiro atoms. The first-order valence-corrected chi connectivity index (χ1v) is 6.31. The van der Waals surface area contributed by atoms with E-state index in [1.807, 2.05) is 0 Å². The van der Waals surface area contributed by atoms with Crippen LogP contribution in [0.25, 0.3) is 0 Å². The molecule has 0 atom stereocenters. The van der Waals surface area contributed by atoms with Crippen molar-refractivity contribution in [2.24, 2.45) is 0 Å². The van der Waals surface area contributed by atoms with Gasteiger partial charge in [-0.15, -0.1) is 0 Å². The first kappa shape index (κ1) is 14.9. The number of hydrogen-bond acceptors (Lipinski definition) is 2. The fraction of sp³-hybridized carbons (Fsp3) is 1.00. The third-order valence-corrected chi connectivity index (χ3v) is 2.86. The highest BCUT2D eigenvalue weighted by Crippen LogP contribution is 2.25. The molecule has 0 aliphatic rings. The summed E-state index contributed by atoms with van der Waals surface area (Å²) in [5, 5.41) is 0. The van der Waals surface area contributed by atoms with Gasteiger partial charge in [-0.05, 0) is 19.8 Å². The van der Waals surface area contributed by atoms with Crippen LogP contribution in [0.4, 0.5) is 0 Å². The molecule has 0 aromatic rings. The smallest absolute Gasteiger partial charge is 0.0707 e.